The van der Waals surface area contributed by atoms with Crippen LogP contribution >= 0.6 is 0 Å². The molecule has 116 valence electrons. The van der Waals surface area contributed by atoms with Crippen molar-refractivity contribution in [3.05, 3.63) is 29.8 Å². The first-order valence-corrected chi connectivity index (χ1v) is 8.00. The van der Waals surface area contributed by atoms with Gasteiger partial charge in [0, 0.05) is 18.2 Å². The van der Waals surface area contributed by atoms with Crippen molar-refractivity contribution in [1.82, 2.24) is 4.90 Å². The highest BCUT2D eigenvalue weighted by Gasteiger charge is 2.28. The molecule has 1 aromatic rings. The Morgan fingerprint density at radius 1 is 1.48 bits per heavy atom. The normalized spacial score (nSPS) is 18.0. The topological polar surface area (TPSA) is 55.6 Å². The van der Waals surface area contributed by atoms with Gasteiger partial charge in [-0.1, -0.05) is 13.0 Å². The van der Waals surface area contributed by atoms with Gasteiger partial charge >= 0.3 is 0 Å². The average molecular weight is 290 g/mol. The number of ether oxygens (including phenoxy) is 1. The van der Waals surface area contributed by atoms with E-state index in [1.165, 1.54) is 0 Å². The highest BCUT2D eigenvalue weighted by atomic mass is 16.5. The summed E-state index contributed by atoms with van der Waals surface area (Å²) < 4.78 is 5.61. The molecule has 0 bridgehead atoms. The van der Waals surface area contributed by atoms with E-state index in [-0.39, 0.29) is 5.91 Å². The third-order valence-electron chi connectivity index (χ3n) is 3.93. The van der Waals surface area contributed by atoms with Crippen LogP contribution in [0.4, 0.5) is 0 Å². The van der Waals surface area contributed by atoms with Crippen LogP contribution in [0.15, 0.2) is 24.3 Å². The van der Waals surface area contributed by atoms with E-state index in [0.29, 0.717) is 19.2 Å². The summed E-state index contributed by atoms with van der Waals surface area (Å²) in [5.41, 5.74) is 6.31. The smallest absolute Gasteiger partial charge is 0.254 e. The summed E-state index contributed by atoms with van der Waals surface area (Å²) >= 11 is 0. The van der Waals surface area contributed by atoms with Gasteiger partial charge in [-0.25, -0.2) is 0 Å². The van der Waals surface area contributed by atoms with Gasteiger partial charge in [-0.3, -0.25) is 4.79 Å². The molecule has 0 radical (unpaired) electrons. The van der Waals surface area contributed by atoms with Crippen LogP contribution in [0.25, 0.3) is 0 Å². The molecular weight excluding hydrogens is 264 g/mol. The molecule has 4 nitrogen and oxygen atoms in total. The van der Waals surface area contributed by atoms with Gasteiger partial charge < -0.3 is 15.4 Å². The number of benzene rings is 1. The molecule has 1 aromatic carbocycles. The minimum atomic E-state index is 0.122. The Morgan fingerprint density at radius 3 is 3.10 bits per heavy atom. The minimum Gasteiger partial charge on any atom is -0.494 e. The van der Waals surface area contributed by atoms with E-state index >= 15 is 0 Å². The molecule has 2 rings (SSSR count). The van der Waals surface area contributed by atoms with Gasteiger partial charge in [0.05, 0.1) is 6.61 Å². The summed E-state index contributed by atoms with van der Waals surface area (Å²) in [6, 6.07) is 7.88. The molecule has 1 amide bonds. The lowest BCUT2D eigenvalue weighted by Gasteiger charge is -2.25. The van der Waals surface area contributed by atoms with Crippen LogP contribution in [0.3, 0.4) is 0 Å². The third-order valence-corrected chi connectivity index (χ3v) is 3.93. The zero-order valence-corrected chi connectivity index (χ0v) is 12.9. The number of hydrogen-bond acceptors (Lipinski definition) is 3. The second kappa shape index (κ2) is 8.03. The number of carbonyl (C=O) groups is 1. The molecule has 1 saturated heterocycles. The van der Waals surface area contributed by atoms with Gasteiger partial charge in [-0.15, -0.1) is 0 Å². The monoisotopic (exact) mass is 290 g/mol. The van der Waals surface area contributed by atoms with Crippen molar-refractivity contribution in [1.29, 1.82) is 0 Å². The van der Waals surface area contributed by atoms with Gasteiger partial charge in [-0.2, -0.15) is 0 Å². The second-order valence-corrected chi connectivity index (χ2v) is 5.60. The molecule has 1 unspecified atom stereocenters. The third kappa shape index (κ3) is 4.21. The van der Waals surface area contributed by atoms with Gasteiger partial charge in [0.1, 0.15) is 5.75 Å². The predicted octanol–water partition coefficient (Wildman–Crippen LogP) is 2.82. The molecule has 2 N–H and O–H groups in total. The Hall–Kier alpha value is -1.55. The van der Waals surface area contributed by atoms with E-state index < -0.39 is 0 Å². The summed E-state index contributed by atoms with van der Waals surface area (Å²) in [6.45, 7) is 4.30. The van der Waals surface area contributed by atoms with Gasteiger partial charge in [-0.05, 0) is 56.8 Å². The number of carbonyl (C=O) groups excluding carboxylic acids is 1. The Balaban J connectivity index is 2.04. The maximum absolute atomic E-state index is 12.7. The second-order valence-electron chi connectivity index (χ2n) is 5.60. The number of nitrogens with zero attached hydrogens (tertiary/aromatic N) is 1. The highest BCUT2D eigenvalue weighted by molar-refractivity contribution is 5.95. The minimum absolute atomic E-state index is 0.122. The first-order valence-electron chi connectivity index (χ1n) is 8.00. The van der Waals surface area contributed by atoms with Gasteiger partial charge in [0.15, 0.2) is 0 Å². The van der Waals surface area contributed by atoms with Crippen molar-refractivity contribution in [3.8, 4) is 5.75 Å². The number of amides is 1. The maximum atomic E-state index is 12.7. The number of rotatable bonds is 7. The Kier molecular flexibility index (Phi) is 6.05. The van der Waals surface area contributed by atoms with Crippen LogP contribution in [-0.2, 0) is 0 Å². The van der Waals surface area contributed by atoms with Crippen molar-refractivity contribution >= 4 is 5.91 Å². The van der Waals surface area contributed by atoms with E-state index in [0.717, 1.165) is 50.0 Å². The predicted molar refractivity (Wildman–Crippen MR) is 84.6 cm³/mol. The Labute approximate surface area is 127 Å². The fourth-order valence-corrected chi connectivity index (χ4v) is 2.86. The molecule has 0 aliphatic carbocycles. The van der Waals surface area contributed by atoms with Crippen LogP contribution in [-0.4, -0.2) is 36.5 Å². The maximum Gasteiger partial charge on any atom is 0.254 e. The lowest BCUT2D eigenvalue weighted by Crippen LogP contribution is -2.35. The molecule has 4 heteroatoms. The average Bonchev–Trinajstić information content (AvgIpc) is 2.98. The van der Waals surface area contributed by atoms with Crippen LogP contribution in [0.5, 0.6) is 5.75 Å². The standard InChI is InChI=1S/C17H26N2O2/c1-2-12-21-16-9-3-6-14(13-16)17(20)19-11-5-8-15(19)7-4-10-18/h3,6,9,13,15H,2,4-5,7-8,10-12,18H2,1H3. The van der Waals surface area contributed by atoms with E-state index in [4.69, 9.17) is 10.5 Å². The SMILES string of the molecule is CCCOc1cccc(C(=O)N2CCCC2CCCN)c1. The molecular formula is C17H26N2O2. The van der Waals surface area contributed by atoms with Crippen molar-refractivity contribution < 1.29 is 9.53 Å². The molecule has 0 saturated carbocycles. The van der Waals surface area contributed by atoms with Crippen molar-refractivity contribution in [2.24, 2.45) is 5.73 Å². The first kappa shape index (κ1) is 15.8. The fourth-order valence-electron chi connectivity index (χ4n) is 2.86. The largest absolute Gasteiger partial charge is 0.494 e. The molecule has 1 fully saturated rings. The Bertz CT molecular complexity index is 462. The molecule has 21 heavy (non-hydrogen) atoms. The molecule has 0 spiro atoms. The van der Waals surface area contributed by atoms with Crippen LogP contribution in [0, 0.1) is 0 Å². The van der Waals surface area contributed by atoms with Crippen LogP contribution in [0.1, 0.15) is 49.4 Å². The number of hydrogen-bond donors (Lipinski definition) is 1. The summed E-state index contributed by atoms with van der Waals surface area (Å²) in [6.07, 6.45) is 5.14. The summed E-state index contributed by atoms with van der Waals surface area (Å²) in [5.74, 6) is 0.900. The highest BCUT2D eigenvalue weighted by Crippen LogP contribution is 2.24. The lowest BCUT2D eigenvalue weighted by molar-refractivity contribution is 0.0729. The summed E-state index contributed by atoms with van der Waals surface area (Å²) in [7, 11) is 0. The summed E-state index contributed by atoms with van der Waals surface area (Å²) in [5, 5.41) is 0. The van der Waals surface area contributed by atoms with E-state index in [9.17, 15) is 4.79 Å². The molecule has 0 aromatic heterocycles. The molecule has 1 aliphatic heterocycles. The summed E-state index contributed by atoms with van der Waals surface area (Å²) in [4.78, 5) is 14.7. The molecule has 1 heterocycles. The zero-order valence-electron chi connectivity index (χ0n) is 12.9. The fraction of sp³-hybridized carbons (Fsp3) is 0.588. The van der Waals surface area contributed by atoms with Crippen molar-refractivity contribution in [2.75, 3.05) is 19.7 Å². The van der Waals surface area contributed by atoms with Gasteiger partial charge in [0.25, 0.3) is 5.91 Å². The number of likely N-dealkylation sites (tertiary alicyclic amines) is 1. The molecule has 1 atom stereocenters. The van der Waals surface area contributed by atoms with Crippen LogP contribution < -0.4 is 10.5 Å². The van der Waals surface area contributed by atoms with Crippen molar-refractivity contribution in [2.45, 2.75) is 45.1 Å². The quantitative estimate of drug-likeness (QED) is 0.840. The Morgan fingerprint density at radius 2 is 2.33 bits per heavy atom. The van der Waals surface area contributed by atoms with Crippen LogP contribution in [0.2, 0.25) is 0 Å². The van der Waals surface area contributed by atoms with E-state index in [1.54, 1.807) is 0 Å². The first-order chi connectivity index (χ1) is 10.3. The molecule has 1 aliphatic rings. The van der Waals surface area contributed by atoms with Crippen molar-refractivity contribution in [3.63, 3.8) is 0 Å². The van der Waals surface area contributed by atoms with Gasteiger partial charge in [0.2, 0.25) is 0 Å². The van der Waals surface area contributed by atoms with E-state index in [1.807, 2.05) is 29.2 Å². The van der Waals surface area contributed by atoms with E-state index in [2.05, 4.69) is 6.92 Å². The lowest BCUT2D eigenvalue weighted by atomic mass is 10.1. The zero-order chi connectivity index (χ0) is 15.1. The number of nitrogens with two attached hydrogens (primary N) is 1.